The molecule has 14 nitrogen and oxygen atoms in total. The lowest BCUT2D eigenvalue weighted by Crippen LogP contribution is -2.69. The number of rotatable bonds is 15. The Morgan fingerprint density at radius 2 is 1.83 bits per heavy atom. The number of pyridine rings is 1. The fourth-order valence-electron chi connectivity index (χ4n) is 11.8. The second-order valence-electron chi connectivity index (χ2n) is 17.0. The number of hydrogen-bond donors (Lipinski definition) is 8. The van der Waals surface area contributed by atoms with E-state index in [2.05, 4.69) is 17.2 Å². The van der Waals surface area contributed by atoms with Gasteiger partial charge in [-0.15, -0.1) is 0 Å². The fourth-order valence-corrected chi connectivity index (χ4v) is 11.8. The molecule has 0 bridgehead atoms. The lowest BCUT2D eigenvalue weighted by molar-refractivity contribution is -0.166. The maximum absolute atomic E-state index is 13.1. The van der Waals surface area contributed by atoms with E-state index < -0.39 is 42.3 Å². The van der Waals surface area contributed by atoms with Gasteiger partial charge in [-0.1, -0.05) is 12.5 Å². The van der Waals surface area contributed by atoms with Gasteiger partial charge in [-0.05, 0) is 135 Å². The number of carboxylic acid groups (broad SMARTS) is 1. The van der Waals surface area contributed by atoms with E-state index in [-0.39, 0.29) is 78.3 Å². The zero-order valence-corrected chi connectivity index (χ0v) is 33.4. The highest BCUT2D eigenvalue weighted by atomic mass is 16.6. The monoisotopic (exact) mass is 805 g/mol. The summed E-state index contributed by atoms with van der Waals surface area (Å²) < 4.78 is 24.2. The van der Waals surface area contributed by atoms with Gasteiger partial charge in [0.15, 0.2) is 29.8 Å². The summed E-state index contributed by atoms with van der Waals surface area (Å²) in [6, 6.07) is 11.8. The van der Waals surface area contributed by atoms with Crippen molar-refractivity contribution in [2.45, 2.75) is 114 Å². The summed E-state index contributed by atoms with van der Waals surface area (Å²) in [6.45, 7) is 1.47. The van der Waals surface area contributed by atoms with Crippen LogP contribution < -0.4 is 25.3 Å². The molecule has 58 heavy (non-hydrogen) atoms. The molecular formula is C44H59N3O11. The van der Waals surface area contributed by atoms with E-state index in [1.54, 1.807) is 30.5 Å². The molecule has 2 aliphatic carbocycles. The number of methoxy groups -OCH3 is 1. The number of aliphatic carboxylic acids is 1. The molecule has 2 saturated carbocycles. The maximum Gasteiger partial charge on any atom is 0.304 e. The molecule has 4 fully saturated rings. The number of aromatic nitrogens is 1. The van der Waals surface area contributed by atoms with Crippen LogP contribution >= 0.6 is 0 Å². The third-order valence-corrected chi connectivity index (χ3v) is 13.9. The average Bonchev–Trinajstić information content (AvgIpc) is 3.61. The number of piperidine rings is 1. The number of nitrogen functional groups attached to an aromatic ring is 1. The summed E-state index contributed by atoms with van der Waals surface area (Å²) in [4.78, 5) is 17.3. The molecule has 3 heterocycles. The van der Waals surface area contributed by atoms with Crippen molar-refractivity contribution in [2.24, 2.45) is 22.7 Å². The molecule has 0 radical (unpaired) electrons. The Kier molecular flexibility index (Phi) is 12.6. The number of aryl methyl sites for hydroxylation is 1. The van der Waals surface area contributed by atoms with Crippen LogP contribution in [0.4, 0.5) is 5.82 Å². The first-order valence-corrected chi connectivity index (χ1v) is 20.7. The van der Waals surface area contributed by atoms with Gasteiger partial charge < -0.3 is 60.6 Å². The molecule has 14 heteroatoms. The van der Waals surface area contributed by atoms with Gasteiger partial charge in [0, 0.05) is 36.2 Å². The van der Waals surface area contributed by atoms with Crippen LogP contribution in [0.15, 0.2) is 48.7 Å². The Morgan fingerprint density at radius 1 is 1.02 bits per heavy atom. The number of nitrogens with one attached hydrogen (secondary N) is 1. The van der Waals surface area contributed by atoms with Gasteiger partial charge in [0.2, 0.25) is 5.75 Å². The number of carboxylic acids is 1. The quantitative estimate of drug-likeness (QED) is 0.0926. The van der Waals surface area contributed by atoms with Crippen molar-refractivity contribution in [3.8, 4) is 28.7 Å². The van der Waals surface area contributed by atoms with Crippen LogP contribution in [0.5, 0.6) is 28.7 Å². The van der Waals surface area contributed by atoms with Gasteiger partial charge in [-0.25, -0.2) is 4.98 Å². The van der Waals surface area contributed by atoms with Crippen LogP contribution in [0.3, 0.4) is 0 Å². The fraction of sp³-hybridized carbons (Fsp3) is 0.591. The van der Waals surface area contributed by atoms with Crippen LogP contribution in [0.2, 0.25) is 0 Å². The van der Waals surface area contributed by atoms with E-state index in [0.29, 0.717) is 36.6 Å². The third kappa shape index (κ3) is 7.89. The predicted molar refractivity (Wildman–Crippen MR) is 214 cm³/mol. The Labute approximate surface area is 339 Å². The largest absolute Gasteiger partial charge is 0.504 e. The van der Waals surface area contributed by atoms with Gasteiger partial charge >= 0.3 is 5.97 Å². The summed E-state index contributed by atoms with van der Waals surface area (Å²) in [6.07, 6.45) is 7.10. The normalized spacial score (nSPS) is 31.9. The highest BCUT2D eigenvalue weighted by Crippen LogP contribution is 2.71. The molecule has 1 aromatic heterocycles. The second kappa shape index (κ2) is 17.5. The second-order valence-corrected chi connectivity index (χ2v) is 17.0. The van der Waals surface area contributed by atoms with Crippen LogP contribution in [0.1, 0.15) is 99.8 Å². The van der Waals surface area contributed by atoms with Gasteiger partial charge in [-0.2, -0.15) is 0 Å². The molecule has 0 amide bonds. The first kappa shape index (κ1) is 41.8. The molecule has 3 aromatic rings. The number of carbonyl (C=O) groups is 1. The van der Waals surface area contributed by atoms with Crippen LogP contribution in [-0.4, -0.2) is 93.0 Å². The minimum Gasteiger partial charge on any atom is -0.504 e. The molecule has 4 aliphatic rings. The van der Waals surface area contributed by atoms with Crippen molar-refractivity contribution in [3.63, 3.8) is 0 Å². The zero-order chi connectivity index (χ0) is 41.2. The molecular weight excluding hydrogens is 746 g/mol. The zero-order valence-electron chi connectivity index (χ0n) is 33.4. The number of aliphatic hydroxyl groups is 3. The minimum absolute atomic E-state index is 0.0581. The summed E-state index contributed by atoms with van der Waals surface area (Å²) in [5.74, 6) is -0.542. The van der Waals surface area contributed by atoms with Crippen LogP contribution in [0, 0.1) is 22.7 Å². The first-order chi connectivity index (χ1) is 27.9. The Balaban J connectivity index is 1.21. The molecule has 2 aliphatic heterocycles. The predicted octanol–water partition coefficient (Wildman–Crippen LogP) is 5.19. The highest BCUT2D eigenvalue weighted by Gasteiger charge is 2.68. The molecule has 316 valence electrons. The van der Waals surface area contributed by atoms with Crippen molar-refractivity contribution < 1.29 is 54.4 Å². The minimum atomic E-state index is -0.867. The Bertz CT molecular complexity index is 1910. The molecule has 9 N–H and O–H groups in total. The number of aromatic hydroxyl groups is 2. The van der Waals surface area contributed by atoms with E-state index in [1.807, 2.05) is 12.1 Å². The van der Waals surface area contributed by atoms with Gasteiger partial charge in [0.25, 0.3) is 0 Å². The van der Waals surface area contributed by atoms with E-state index in [1.165, 1.54) is 13.2 Å². The highest BCUT2D eigenvalue weighted by molar-refractivity contribution is 5.69. The van der Waals surface area contributed by atoms with Crippen molar-refractivity contribution in [1.82, 2.24) is 10.3 Å². The third-order valence-electron chi connectivity index (χ3n) is 13.9. The van der Waals surface area contributed by atoms with Crippen molar-refractivity contribution >= 4 is 11.8 Å². The number of anilines is 1. The lowest BCUT2D eigenvalue weighted by atomic mass is 9.41. The lowest BCUT2D eigenvalue weighted by Gasteiger charge is -2.66. The SMILES string of the molecule is COc1cc([C@H]2O[C@@H](CCc3ccc(O)c(OCO)c3)C[C@H](O)[C@@H]2CCO)cc(OC[C@@H]2N[C@@H](C)C[C@]34CCC[C@H]3CC[C@@H](c3ccnc(N)c3)[C@]24CC(=O)O)c1O. The Hall–Kier alpha value is -4.34. The molecule has 2 saturated heterocycles. The number of aliphatic hydroxyl groups excluding tert-OH is 3. The summed E-state index contributed by atoms with van der Waals surface area (Å²) in [5.41, 5.74) is 7.66. The van der Waals surface area contributed by atoms with Gasteiger partial charge in [-0.3, -0.25) is 4.79 Å². The van der Waals surface area contributed by atoms with E-state index >= 15 is 0 Å². The summed E-state index contributed by atoms with van der Waals surface area (Å²) >= 11 is 0. The van der Waals surface area contributed by atoms with Crippen molar-refractivity contribution in [2.75, 3.05) is 32.9 Å². The van der Waals surface area contributed by atoms with Gasteiger partial charge in [0.1, 0.15) is 12.4 Å². The number of nitrogens with two attached hydrogens (primary N) is 1. The molecule has 7 rings (SSSR count). The molecule has 10 atom stereocenters. The van der Waals surface area contributed by atoms with Crippen LogP contribution in [0.25, 0.3) is 0 Å². The summed E-state index contributed by atoms with van der Waals surface area (Å²) in [5, 5.41) is 66.9. The number of phenols is 2. The molecule has 0 unspecified atom stereocenters. The van der Waals surface area contributed by atoms with E-state index in [9.17, 15) is 35.4 Å². The topological polar surface area (TPSA) is 226 Å². The van der Waals surface area contributed by atoms with Gasteiger partial charge in [0.05, 0.1) is 31.8 Å². The van der Waals surface area contributed by atoms with Crippen LogP contribution in [-0.2, 0) is 16.0 Å². The smallest absolute Gasteiger partial charge is 0.304 e. The number of hydrogen-bond acceptors (Lipinski definition) is 13. The van der Waals surface area contributed by atoms with Crippen molar-refractivity contribution in [3.05, 3.63) is 65.4 Å². The van der Waals surface area contributed by atoms with Crippen molar-refractivity contribution in [1.29, 1.82) is 0 Å². The number of phenolic OH excluding ortho intramolecular Hbond substituents is 2. The summed E-state index contributed by atoms with van der Waals surface area (Å²) in [7, 11) is 1.45. The molecule has 2 aromatic carbocycles. The standard InChI is InChI=1S/C44H59N3O11/c1-25-21-43-13-3-4-29(43)7-9-32(27-11-14-46-39(45)19-27)44(43,22-40(52)53)38(47-25)23-56-37-18-28(17-36(55-2)41(37)54)42-31(12-15-48)34(51)20-30(58-42)8-5-26-6-10-33(50)35(16-26)57-24-49/h6,10-11,14,16-19,25,29-32,34,38,42,47-51,54H,3-5,7-9,12-13,15,20-24H2,1-2H3,(H2,45,46)(H,52,53)/t25-,29-,30-,31-,32-,34-,38-,42+,43+,44+/m0/s1. The maximum atomic E-state index is 13.1. The number of ether oxygens (including phenoxy) is 4. The van der Waals surface area contributed by atoms with E-state index in [0.717, 1.165) is 49.7 Å². The first-order valence-electron chi connectivity index (χ1n) is 20.7. The van der Waals surface area contributed by atoms with E-state index in [4.69, 9.17) is 24.7 Å². The Morgan fingerprint density at radius 3 is 2.57 bits per heavy atom. The number of benzene rings is 2. The molecule has 1 spiro atoms. The number of nitrogens with zero attached hydrogens (tertiary/aromatic N) is 1. The average molecular weight is 806 g/mol.